The lowest BCUT2D eigenvalue weighted by Crippen LogP contribution is -2.28. The Morgan fingerprint density at radius 3 is 3.06 bits per heavy atom. The van der Waals surface area contributed by atoms with E-state index in [2.05, 4.69) is 5.32 Å². The van der Waals surface area contributed by atoms with Crippen LogP contribution in [0.4, 0.5) is 0 Å². The Balaban J connectivity index is 2.77. The summed E-state index contributed by atoms with van der Waals surface area (Å²) in [6, 6.07) is 5.09. The molecular weight excluding hydrogens is 222 g/mol. The van der Waals surface area contributed by atoms with Crippen LogP contribution in [0.3, 0.4) is 0 Å². The molecule has 1 aromatic heterocycles. The summed E-state index contributed by atoms with van der Waals surface area (Å²) < 4.78 is 6.46. The largest absolute Gasteiger partial charge is 0.478 e. The zero-order valence-electron chi connectivity index (χ0n) is 9.47. The first-order valence-electron chi connectivity index (χ1n) is 5.09. The lowest BCUT2D eigenvalue weighted by atomic mass is 10.4. The van der Waals surface area contributed by atoms with Crippen LogP contribution in [-0.2, 0) is 11.3 Å². The second-order valence-corrected chi connectivity index (χ2v) is 3.24. The van der Waals surface area contributed by atoms with Gasteiger partial charge in [0.2, 0.25) is 0 Å². The zero-order valence-corrected chi connectivity index (χ0v) is 9.47. The fourth-order valence-corrected chi connectivity index (χ4v) is 1.19. The lowest BCUT2D eigenvalue weighted by molar-refractivity contribution is -0.122. The van der Waals surface area contributed by atoms with Crippen molar-refractivity contribution in [2.45, 2.75) is 13.0 Å². The van der Waals surface area contributed by atoms with E-state index in [0.717, 1.165) is 0 Å². The average molecular weight is 235 g/mol. The van der Waals surface area contributed by atoms with Gasteiger partial charge in [0.15, 0.2) is 12.4 Å². The van der Waals surface area contributed by atoms with E-state index in [9.17, 15) is 9.59 Å². The highest BCUT2D eigenvalue weighted by Gasteiger charge is 2.06. The molecule has 0 radical (unpaired) electrons. The van der Waals surface area contributed by atoms with Crippen molar-refractivity contribution in [2.75, 3.05) is 13.7 Å². The number of rotatable bonds is 5. The van der Waals surface area contributed by atoms with Gasteiger partial charge < -0.3 is 14.6 Å². The van der Waals surface area contributed by atoms with Crippen molar-refractivity contribution in [2.24, 2.45) is 0 Å². The lowest BCUT2D eigenvalue weighted by Gasteiger charge is -2.07. The molecule has 0 aliphatic carbocycles. The highest BCUT2D eigenvalue weighted by Crippen LogP contribution is 2.02. The summed E-state index contributed by atoms with van der Waals surface area (Å²) in [5.41, 5.74) is -0.341. The number of nitrogens with zero attached hydrogens (tertiary/aromatic N) is 2. The Kier molecular flexibility index (Phi) is 4.76. The van der Waals surface area contributed by atoms with Gasteiger partial charge in [-0.05, 0) is 12.1 Å². The van der Waals surface area contributed by atoms with Crippen LogP contribution < -0.4 is 15.6 Å². The normalized spacial score (nSPS) is 9.41. The summed E-state index contributed by atoms with van der Waals surface area (Å²) in [5.74, 6) is -0.203. The number of hydrogen-bond donors (Lipinski definition) is 1. The van der Waals surface area contributed by atoms with Crippen molar-refractivity contribution in [3.8, 4) is 11.8 Å². The van der Waals surface area contributed by atoms with Crippen molar-refractivity contribution in [3.63, 3.8) is 0 Å². The first-order chi connectivity index (χ1) is 8.19. The Bertz CT molecular complexity index is 487. The zero-order chi connectivity index (χ0) is 12.7. The molecule has 0 atom stereocenters. The molecule has 0 unspecified atom stereocenters. The van der Waals surface area contributed by atoms with Gasteiger partial charge in [-0.25, -0.2) is 0 Å². The number of pyridine rings is 1. The maximum absolute atomic E-state index is 11.8. The number of ether oxygens (including phenoxy) is 1. The molecule has 6 nitrogen and oxygen atoms in total. The highest BCUT2D eigenvalue weighted by atomic mass is 16.5. The van der Waals surface area contributed by atoms with Gasteiger partial charge in [-0.3, -0.25) is 9.59 Å². The van der Waals surface area contributed by atoms with Crippen LogP contribution in [0.1, 0.15) is 6.42 Å². The third-order valence-electron chi connectivity index (χ3n) is 2.09. The van der Waals surface area contributed by atoms with E-state index < -0.39 is 0 Å². The molecule has 0 aliphatic rings. The molecule has 0 saturated carbocycles. The van der Waals surface area contributed by atoms with E-state index in [1.54, 1.807) is 12.3 Å². The molecule has 1 heterocycles. The molecule has 0 aromatic carbocycles. The van der Waals surface area contributed by atoms with Crippen molar-refractivity contribution >= 4 is 5.91 Å². The SMILES string of the molecule is CNC(=O)COc1cccn(CCC#N)c1=O. The van der Waals surface area contributed by atoms with Gasteiger partial charge in [0.1, 0.15) is 0 Å². The van der Waals surface area contributed by atoms with Crippen LogP contribution in [0, 0.1) is 11.3 Å². The van der Waals surface area contributed by atoms with Crippen LogP contribution in [-0.4, -0.2) is 24.1 Å². The van der Waals surface area contributed by atoms with Gasteiger partial charge in [0.25, 0.3) is 11.5 Å². The molecule has 6 heteroatoms. The van der Waals surface area contributed by atoms with Crippen molar-refractivity contribution in [3.05, 3.63) is 28.7 Å². The maximum Gasteiger partial charge on any atom is 0.292 e. The average Bonchev–Trinajstić information content (AvgIpc) is 2.35. The van der Waals surface area contributed by atoms with E-state index >= 15 is 0 Å². The number of aryl methyl sites for hydroxylation is 1. The molecule has 1 N–H and O–H groups in total. The second kappa shape index (κ2) is 6.33. The summed E-state index contributed by atoms with van der Waals surface area (Å²) in [4.78, 5) is 22.7. The van der Waals surface area contributed by atoms with E-state index in [0.29, 0.717) is 6.54 Å². The monoisotopic (exact) mass is 235 g/mol. The molecule has 0 fully saturated rings. The predicted molar refractivity (Wildman–Crippen MR) is 60.5 cm³/mol. The fourth-order valence-electron chi connectivity index (χ4n) is 1.19. The summed E-state index contributed by atoms with van der Waals surface area (Å²) in [6.45, 7) is 0.112. The minimum atomic E-state index is -0.341. The molecule has 1 aromatic rings. The van der Waals surface area contributed by atoms with Crippen LogP contribution in [0.15, 0.2) is 23.1 Å². The van der Waals surface area contributed by atoms with Gasteiger partial charge in [0, 0.05) is 19.8 Å². The van der Waals surface area contributed by atoms with Crippen molar-refractivity contribution < 1.29 is 9.53 Å². The van der Waals surface area contributed by atoms with E-state index in [-0.39, 0.29) is 30.2 Å². The van der Waals surface area contributed by atoms with Gasteiger partial charge in [-0.2, -0.15) is 5.26 Å². The Labute approximate surface area is 98.4 Å². The minimum absolute atomic E-state index is 0.106. The second-order valence-electron chi connectivity index (χ2n) is 3.24. The van der Waals surface area contributed by atoms with Crippen molar-refractivity contribution in [1.82, 2.24) is 9.88 Å². The number of aromatic nitrogens is 1. The smallest absolute Gasteiger partial charge is 0.292 e. The van der Waals surface area contributed by atoms with Crippen LogP contribution in [0.25, 0.3) is 0 Å². The standard InChI is InChI=1S/C11H13N3O3/c1-13-10(15)8-17-9-4-2-6-14(11(9)16)7-3-5-12/h2,4,6H,3,7-8H2,1H3,(H,13,15). The highest BCUT2D eigenvalue weighted by molar-refractivity contribution is 5.77. The molecule has 0 aliphatic heterocycles. The number of carbonyl (C=O) groups excluding carboxylic acids is 1. The summed E-state index contributed by atoms with van der Waals surface area (Å²) in [7, 11) is 1.49. The number of carbonyl (C=O) groups is 1. The Morgan fingerprint density at radius 1 is 1.65 bits per heavy atom. The molecule has 1 amide bonds. The Morgan fingerprint density at radius 2 is 2.41 bits per heavy atom. The molecular formula is C11H13N3O3. The maximum atomic E-state index is 11.8. The molecule has 90 valence electrons. The van der Waals surface area contributed by atoms with Gasteiger partial charge >= 0.3 is 0 Å². The fraction of sp³-hybridized carbons (Fsp3) is 0.364. The topological polar surface area (TPSA) is 84.1 Å². The Hall–Kier alpha value is -2.29. The van der Waals surface area contributed by atoms with Crippen LogP contribution in [0.2, 0.25) is 0 Å². The first-order valence-corrected chi connectivity index (χ1v) is 5.09. The van der Waals surface area contributed by atoms with E-state index in [4.69, 9.17) is 10.00 Å². The van der Waals surface area contributed by atoms with Gasteiger partial charge in [-0.1, -0.05) is 0 Å². The third kappa shape index (κ3) is 3.65. The number of hydrogen-bond acceptors (Lipinski definition) is 4. The number of nitriles is 1. The van der Waals surface area contributed by atoms with Crippen molar-refractivity contribution in [1.29, 1.82) is 5.26 Å². The molecule has 0 spiro atoms. The van der Waals surface area contributed by atoms with E-state index in [1.807, 2.05) is 6.07 Å². The summed E-state index contributed by atoms with van der Waals surface area (Å²) in [6.07, 6.45) is 1.82. The predicted octanol–water partition coefficient (Wildman–Crippen LogP) is -0.113. The molecule has 0 saturated heterocycles. The van der Waals surface area contributed by atoms with Crippen LogP contribution in [0.5, 0.6) is 5.75 Å². The third-order valence-corrected chi connectivity index (χ3v) is 2.09. The molecule has 17 heavy (non-hydrogen) atoms. The minimum Gasteiger partial charge on any atom is -0.478 e. The molecule has 1 rings (SSSR count). The van der Waals surface area contributed by atoms with E-state index in [1.165, 1.54) is 17.7 Å². The quantitative estimate of drug-likeness (QED) is 0.771. The first kappa shape index (κ1) is 12.8. The molecule has 0 bridgehead atoms. The van der Waals surface area contributed by atoms with Gasteiger partial charge in [0.05, 0.1) is 12.5 Å². The number of likely N-dealkylation sites (N-methyl/N-ethyl adjacent to an activating group) is 1. The van der Waals surface area contributed by atoms with Crippen LogP contribution >= 0.6 is 0 Å². The number of amides is 1. The van der Waals surface area contributed by atoms with Gasteiger partial charge in [-0.15, -0.1) is 0 Å². The summed E-state index contributed by atoms with van der Waals surface area (Å²) >= 11 is 0. The number of nitrogens with one attached hydrogen (secondary N) is 1. The summed E-state index contributed by atoms with van der Waals surface area (Å²) in [5, 5.41) is 10.8.